The Morgan fingerprint density at radius 3 is 3.16 bits per heavy atom. The lowest BCUT2D eigenvalue weighted by molar-refractivity contribution is 0.249. The highest BCUT2D eigenvalue weighted by Crippen LogP contribution is 2.29. The van der Waals surface area contributed by atoms with E-state index in [-0.39, 0.29) is 0 Å². The van der Waals surface area contributed by atoms with E-state index in [1.807, 2.05) is 18.2 Å². The molecule has 4 nitrogen and oxygen atoms in total. The minimum atomic E-state index is 0.578. The topological polar surface area (TPSA) is 41.0 Å². The summed E-state index contributed by atoms with van der Waals surface area (Å²) in [5, 5.41) is 6.37. The Balaban J connectivity index is 1.69. The number of hydrogen-bond donors (Lipinski definition) is 1. The number of anilines is 2. The molecule has 0 radical (unpaired) electrons. The van der Waals surface area contributed by atoms with Crippen molar-refractivity contribution < 1.29 is 0 Å². The number of pyridine rings is 1. The lowest BCUT2D eigenvalue weighted by Gasteiger charge is -2.28. The molecule has 1 aliphatic heterocycles. The van der Waals surface area contributed by atoms with Crippen LogP contribution in [0.4, 0.5) is 10.9 Å². The van der Waals surface area contributed by atoms with Gasteiger partial charge in [-0.2, -0.15) is 0 Å². The molecule has 2 aromatic rings. The summed E-state index contributed by atoms with van der Waals surface area (Å²) in [7, 11) is 2.19. The van der Waals surface area contributed by atoms with Crippen LogP contribution in [0.2, 0.25) is 0 Å². The highest BCUT2D eigenvalue weighted by Gasteiger charge is 2.21. The van der Waals surface area contributed by atoms with Gasteiger partial charge in [0.1, 0.15) is 5.82 Å². The first kappa shape index (κ1) is 12.6. The van der Waals surface area contributed by atoms with Gasteiger partial charge in [-0.25, -0.2) is 9.97 Å². The normalized spacial score (nSPS) is 20.4. The predicted molar refractivity (Wildman–Crippen MR) is 79.1 cm³/mol. The zero-order chi connectivity index (χ0) is 13.1. The summed E-state index contributed by atoms with van der Waals surface area (Å²) in [5.74, 6) is 1.43. The van der Waals surface area contributed by atoms with Gasteiger partial charge in [-0.15, -0.1) is 11.3 Å². The molecule has 19 heavy (non-hydrogen) atoms. The van der Waals surface area contributed by atoms with Gasteiger partial charge in [-0.1, -0.05) is 6.07 Å². The Labute approximate surface area is 117 Å². The number of likely N-dealkylation sites (N-methyl/N-ethyl adjacent to an activating group) is 1. The fraction of sp³-hybridized carbons (Fsp3) is 0.429. The van der Waals surface area contributed by atoms with Crippen molar-refractivity contribution in [1.82, 2.24) is 14.9 Å². The van der Waals surface area contributed by atoms with Crippen molar-refractivity contribution in [3.63, 3.8) is 0 Å². The van der Waals surface area contributed by atoms with Crippen molar-refractivity contribution in [2.24, 2.45) is 0 Å². The molecule has 0 aromatic carbocycles. The monoisotopic (exact) mass is 274 g/mol. The summed E-state index contributed by atoms with van der Waals surface area (Å²) in [6, 6.07) is 5.84. The van der Waals surface area contributed by atoms with Crippen LogP contribution >= 0.6 is 11.3 Å². The lowest BCUT2D eigenvalue weighted by Crippen LogP contribution is -2.30. The minimum absolute atomic E-state index is 0.578. The summed E-state index contributed by atoms with van der Waals surface area (Å²) >= 11 is 1.66. The standard InChI is InChI=1S/C14H18N4S/c1-18-8-4-5-11(9-18)12-10-19-14(16-12)17-13-6-2-3-7-15-13/h2-3,6-7,10-11H,4-5,8-9H2,1H3,(H,15,16,17). The maximum Gasteiger partial charge on any atom is 0.188 e. The molecule has 1 fully saturated rings. The Bertz CT molecular complexity index is 525. The first-order valence-corrected chi connectivity index (χ1v) is 7.51. The zero-order valence-corrected chi connectivity index (χ0v) is 11.9. The summed E-state index contributed by atoms with van der Waals surface area (Å²) in [6.07, 6.45) is 4.30. The number of hydrogen-bond acceptors (Lipinski definition) is 5. The average molecular weight is 274 g/mol. The molecule has 3 rings (SSSR count). The fourth-order valence-corrected chi connectivity index (χ4v) is 3.28. The maximum atomic E-state index is 4.70. The van der Waals surface area contributed by atoms with Crippen LogP contribution in [-0.2, 0) is 0 Å². The summed E-state index contributed by atoms with van der Waals surface area (Å²) in [4.78, 5) is 11.3. The van der Waals surface area contributed by atoms with Gasteiger partial charge in [0, 0.05) is 24.0 Å². The van der Waals surface area contributed by atoms with E-state index in [0.29, 0.717) is 5.92 Å². The van der Waals surface area contributed by atoms with Crippen molar-refractivity contribution in [1.29, 1.82) is 0 Å². The van der Waals surface area contributed by atoms with Crippen LogP contribution in [0.5, 0.6) is 0 Å². The molecule has 2 aromatic heterocycles. The average Bonchev–Trinajstić information content (AvgIpc) is 2.88. The Morgan fingerprint density at radius 2 is 2.37 bits per heavy atom. The van der Waals surface area contributed by atoms with Crippen molar-refractivity contribution in [3.8, 4) is 0 Å². The Morgan fingerprint density at radius 1 is 1.42 bits per heavy atom. The predicted octanol–water partition coefficient (Wildman–Crippen LogP) is 3.09. The third-order valence-electron chi connectivity index (χ3n) is 3.46. The van der Waals surface area contributed by atoms with Gasteiger partial charge in [-0.3, -0.25) is 0 Å². The third kappa shape index (κ3) is 3.11. The molecular formula is C14H18N4S. The molecular weight excluding hydrogens is 256 g/mol. The second-order valence-corrected chi connectivity index (χ2v) is 5.88. The van der Waals surface area contributed by atoms with Gasteiger partial charge in [0.15, 0.2) is 5.13 Å². The second kappa shape index (κ2) is 5.67. The van der Waals surface area contributed by atoms with Crippen LogP contribution in [0, 0.1) is 0 Å². The molecule has 5 heteroatoms. The van der Waals surface area contributed by atoms with Gasteiger partial charge in [-0.05, 0) is 38.6 Å². The van der Waals surface area contributed by atoms with E-state index in [2.05, 4.69) is 27.6 Å². The van der Waals surface area contributed by atoms with Crippen molar-refractivity contribution in [2.45, 2.75) is 18.8 Å². The van der Waals surface area contributed by atoms with Gasteiger partial charge in [0.05, 0.1) is 5.69 Å². The van der Waals surface area contributed by atoms with Crippen LogP contribution in [0.3, 0.4) is 0 Å². The van der Waals surface area contributed by atoms with Crippen LogP contribution in [0.25, 0.3) is 0 Å². The molecule has 0 spiro atoms. The Hall–Kier alpha value is -1.46. The largest absolute Gasteiger partial charge is 0.316 e. The van der Waals surface area contributed by atoms with Crippen LogP contribution in [-0.4, -0.2) is 35.0 Å². The highest BCUT2D eigenvalue weighted by atomic mass is 32.1. The third-order valence-corrected chi connectivity index (χ3v) is 4.24. The van der Waals surface area contributed by atoms with Crippen LogP contribution in [0.15, 0.2) is 29.8 Å². The SMILES string of the molecule is CN1CCCC(c2csc(Nc3ccccn3)n2)C1. The minimum Gasteiger partial charge on any atom is -0.316 e. The highest BCUT2D eigenvalue weighted by molar-refractivity contribution is 7.13. The van der Waals surface area contributed by atoms with Gasteiger partial charge >= 0.3 is 0 Å². The molecule has 1 atom stereocenters. The number of piperidine rings is 1. The summed E-state index contributed by atoms with van der Waals surface area (Å²) < 4.78 is 0. The number of thiazole rings is 1. The summed E-state index contributed by atoms with van der Waals surface area (Å²) in [6.45, 7) is 2.33. The lowest BCUT2D eigenvalue weighted by atomic mass is 9.96. The van der Waals surface area contributed by atoms with Crippen molar-refractivity contribution in [3.05, 3.63) is 35.5 Å². The molecule has 0 aliphatic carbocycles. The van der Waals surface area contributed by atoms with Crippen molar-refractivity contribution >= 4 is 22.3 Å². The smallest absolute Gasteiger partial charge is 0.188 e. The van der Waals surface area contributed by atoms with E-state index in [1.165, 1.54) is 25.1 Å². The molecule has 1 saturated heterocycles. The van der Waals surface area contributed by atoms with E-state index in [9.17, 15) is 0 Å². The first-order chi connectivity index (χ1) is 9.31. The zero-order valence-electron chi connectivity index (χ0n) is 11.0. The van der Waals surface area contributed by atoms with E-state index < -0.39 is 0 Å². The Kier molecular flexibility index (Phi) is 3.75. The van der Waals surface area contributed by atoms with E-state index in [0.717, 1.165) is 17.5 Å². The molecule has 1 unspecified atom stereocenters. The quantitative estimate of drug-likeness (QED) is 0.934. The molecule has 100 valence electrons. The maximum absolute atomic E-state index is 4.70. The van der Waals surface area contributed by atoms with Gasteiger partial charge < -0.3 is 10.2 Å². The van der Waals surface area contributed by atoms with E-state index >= 15 is 0 Å². The fourth-order valence-electron chi connectivity index (χ4n) is 2.49. The van der Waals surface area contributed by atoms with E-state index in [1.54, 1.807) is 17.5 Å². The molecule has 0 amide bonds. The molecule has 3 heterocycles. The number of nitrogens with zero attached hydrogens (tertiary/aromatic N) is 3. The second-order valence-electron chi connectivity index (χ2n) is 5.02. The molecule has 0 bridgehead atoms. The molecule has 1 aliphatic rings. The van der Waals surface area contributed by atoms with Crippen LogP contribution in [0.1, 0.15) is 24.5 Å². The van der Waals surface area contributed by atoms with Crippen LogP contribution < -0.4 is 5.32 Å². The van der Waals surface area contributed by atoms with E-state index in [4.69, 9.17) is 4.98 Å². The number of aromatic nitrogens is 2. The summed E-state index contributed by atoms with van der Waals surface area (Å²) in [5.41, 5.74) is 1.22. The number of likely N-dealkylation sites (tertiary alicyclic amines) is 1. The number of rotatable bonds is 3. The van der Waals surface area contributed by atoms with Gasteiger partial charge in [0.25, 0.3) is 0 Å². The molecule has 0 saturated carbocycles. The number of nitrogens with one attached hydrogen (secondary N) is 1. The molecule has 1 N–H and O–H groups in total. The van der Waals surface area contributed by atoms with Gasteiger partial charge in [0.2, 0.25) is 0 Å². The first-order valence-electron chi connectivity index (χ1n) is 6.63. The van der Waals surface area contributed by atoms with Crippen molar-refractivity contribution in [2.75, 3.05) is 25.5 Å².